The number of hydrogen-bond donors (Lipinski definition) is 0. The fourth-order valence-corrected chi connectivity index (χ4v) is 1.42. The van der Waals surface area contributed by atoms with Crippen LogP contribution in [0.5, 0.6) is 0 Å². The molecule has 0 bridgehead atoms. The summed E-state index contributed by atoms with van der Waals surface area (Å²) >= 11 is 0. The summed E-state index contributed by atoms with van der Waals surface area (Å²) in [4.78, 5) is 0. The van der Waals surface area contributed by atoms with Gasteiger partial charge in [-0.25, -0.2) is 0 Å². The average Bonchev–Trinajstić information content (AvgIpc) is 2.57. The van der Waals surface area contributed by atoms with Crippen LogP contribution in [0.3, 0.4) is 0 Å². The van der Waals surface area contributed by atoms with Crippen molar-refractivity contribution in [3.63, 3.8) is 0 Å². The molecule has 1 aromatic carbocycles. The van der Waals surface area contributed by atoms with Crippen LogP contribution in [0.25, 0.3) is 11.3 Å². The average molecular weight is 261 g/mol. The van der Waals surface area contributed by atoms with Gasteiger partial charge in [-0.2, -0.15) is 0 Å². The lowest BCUT2D eigenvalue weighted by Gasteiger charge is -1.94. The van der Waals surface area contributed by atoms with Crippen LogP contribution in [0, 0.1) is 0 Å². The molecule has 2 aromatic rings. The molecule has 2 rings (SSSR count). The highest BCUT2D eigenvalue weighted by molar-refractivity contribution is 6.50. The van der Waals surface area contributed by atoms with Crippen LogP contribution in [0.4, 0.5) is 17.3 Å². The third-order valence-corrected chi connectivity index (χ3v) is 2.00. The zero-order chi connectivity index (χ0) is 13.8. The van der Waals surface area contributed by atoms with E-state index in [1.165, 1.54) is 5.56 Å². The molecule has 0 unspecified atom stereocenters. The van der Waals surface area contributed by atoms with Crippen molar-refractivity contribution in [1.29, 1.82) is 0 Å². The molecule has 0 aliphatic rings. The molecule has 0 N–H and O–H groups in total. The highest BCUT2D eigenvalue weighted by Crippen LogP contribution is 2.14. The maximum absolute atomic E-state index is 9.75. The first-order chi connectivity index (χ1) is 8.27. The van der Waals surface area contributed by atoms with Crippen LogP contribution in [0.15, 0.2) is 36.5 Å². The lowest BCUT2D eigenvalue weighted by molar-refractivity contribution is -0.732. The van der Waals surface area contributed by atoms with E-state index >= 15 is 0 Å². The standard InChI is InChI=1S/C10H12N3.BF4/c1-12-8-10(13(2)11-12)9-6-4-3-5-7-9;2-1(3,4)5/h3-8H,1-2H3;/q+1;-1. The fourth-order valence-electron chi connectivity index (χ4n) is 1.42. The number of rotatable bonds is 1. The Kier molecular flexibility index (Phi) is 4.46. The number of benzene rings is 1. The minimum Gasteiger partial charge on any atom is -0.418 e. The van der Waals surface area contributed by atoms with E-state index in [0.717, 1.165) is 5.69 Å². The molecule has 1 aromatic heterocycles. The first kappa shape index (κ1) is 14.2. The normalized spacial score (nSPS) is 10.8. The summed E-state index contributed by atoms with van der Waals surface area (Å²) in [6, 6.07) is 10.2. The summed E-state index contributed by atoms with van der Waals surface area (Å²) in [6.45, 7) is 0. The molecular weight excluding hydrogens is 249 g/mol. The highest BCUT2D eigenvalue weighted by Gasteiger charge is 2.20. The van der Waals surface area contributed by atoms with Crippen molar-refractivity contribution in [2.24, 2.45) is 14.1 Å². The zero-order valence-corrected chi connectivity index (χ0v) is 9.89. The number of halogens is 4. The van der Waals surface area contributed by atoms with Gasteiger partial charge in [-0.05, 0) is 0 Å². The van der Waals surface area contributed by atoms with Crippen molar-refractivity contribution in [3.8, 4) is 11.3 Å². The molecule has 0 saturated carbocycles. The summed E-state index contributed by atoms with van der Waals surface area (Å²) in [5, 5.41) is 4.22. The number of aromatic nitrogens is 3. The van der Waals surface area contributed by atoms with Gasteiger partial charge in [0, 0.05) is 5.56 Å². The zero-order valence-electron chi connectivity index (χ0n) is 9.89. The summed E-state index contributed by atoms with van der Waals surface area (Å²) in [5.74, 6) is 0. The molecule has 1 heterocycles. The molecule has 3 nitrogen and oxygen atoms in total. The molecular formula is C10H12BF4N3. The molecule has 0 radical (unpaired) electrons. The van der Waals surface area contributed by atoms with Crippen LogP contribution < -0.4 is 4.68 Å². The molecule has 0 atom stereocenters. The van der Waals surface area contributed by atoms with Gasteiger partial charge < -0.3 is 17.3 Å². The van der Waals surface area contributed by atoms with Gasteiger partial charge in [-0.1, -0.05) is 30.3 Å². The van der Waals surface area contributed by atoms with Crippen LogP contribution in [-0.4, -0.2) is 17.1 Å². The van der Waals surface area contributed by atoms with Gasteiger partial charge in [-0.15, -0.1) is 9.36 Å². The third kappa shape index (κ3) is 4.98. The Labute approximate surface area is 102 Å². The van der Waals surface area contributed by atoms with E-state index < -0.39 is 7.25 Å². The van der Waals surface area contributed by atoms with E-state index in [9.17, 15) is 17.3 Å². The Morgan fingerprint density at radius 3 is 2.00 bits per heavy atom. The van der Waals surface area contributed by atoms with Gasteiger partial charge in [0.15, 0.2) is 11.9 Å². The van der Waals surface area contributed by atoms with Crippen LogP contribution in [-0.2, 0) is 14.1 Å². The Bertz CT molecular complexity index is 490. The Morgan fingerprint density at radius 1 is 1.11 bits per heavy atom. The van der Waals surface area contributed by atoms with Crippen LogP contribution in [0.1, 0.15) is 0 Å². The quantitative estimate of drug-likeness (QED) is 0.438. The van der Waals surface area contributed by atoms with Crippen LogP contribution in [0.2, 0.25) is 0 Å². The molecule has 0 aliphatic carbocycles. The predicted molar refractivity (Wildman–Crippen MR) is 60.0 cm³/mol. The van der Waals surface area contributed by atoms with Crippen molar-refractivity contribution in [2.45, 2.75) is 0 Å². The van der Waals surface area contributed by atoms with Gasteiger partial charge in [0.2, 0.25) is 0 Å². The predicted octanol–water partition coefficient (Wildman–Crippen LogP) is 2.21. The maximum atomic E-state index is 9.75. The minimum absolute atomic E-state index is 1.13. The van der Waals surface area contributed by atoms with E-state index in [1.807, 2.05) is 47.9 Å². The molecule has 18 heavy (non-hydrogen) atoms. The third-order valence-electron chi connectivity index (χ3n) is 2.00. The summed E-state index contributed by atoms with van der Waals surface area (Å²) in [7, 11) is -2.13. The topological polar surface area (TPSA) is 21.7 Å². The second-order valence-corrected chi connectivity index (χ2v) is 3.56. The molecule has 0 aliphatic heterocycles. The molecule has 8 heteroatoms. The summed E-state index contributed by atoms with van der Waals surface area (Å²) in [5.41, 5.74) is 2.32. The Hall–Kier alpha value is -1.86. The molecule has 0 amide bonds. The fraction of sp³-hybridized carbons (Fsp3) is 0.200. The van der Waals surface area contributed by atoms with Gasteiger partial charge in [0.1, 0.15) is 14.1 Å². The molecule has 0 fully saturated rings. The number of hydrogen-bond acceptors (Lipinski definition) is 1. The van der Waals surface area contributed by atoms with Crippen molar-refractivity contribution >= 4 is 7.25 Å². The van der Waals surface area contributed by atoms with Crippen molar-refractivity contribution in [3.05, 3.63) is 36.5 Å². The Morgan fingerprint density at radius 2 is 1.61 bits per heavy atom. The maximum Gasteiger partial charge on any atom is 0.673 e. The second-order valence-electron chi connectivity index (χ2n) is 3.56. The van der Waals surface area contributed by atoms with Crippen molar-refractivity contribution in [2.75, 3.05) is 0 Å². The van der Waals surface area contributed by atoms with Gasteiger partial charge in [0.25, 0.3) is 0 Å². The molecule has 0 saturated heterocycles. The van der Waals surface area contributed by atoms with E-state index in [4.69, 9.17) is 0 Å². The number of nitrogens with zero attached hydrogens (tertiary/aromatic N) is 3. The SMILES string of the molecule is Cn1n[n+](C)cc1-c1ccccc1.F[B-](F)(F)F. The van der Waals surface area contributed by atoms with Crippen LogP contribution >= 0.6 is 0 Å². The Balaban J connectivity index is 0.000000280. The van der Waals surface area contributed by atoms with Gasteiger partial charge in [0.05, 0.1) is 5.21 Å². The highest BCUT2D eigenvalue weighted by atomic mass is 19.5. The second kappa shape index (κ2) is 5.66. The van der Waals surface area contributed by atoms with Gasteiger partial charge >= 0.3 is 7.25 Å². The smallest absolute Gasteiger partial charge is 0.418 e. The summed E-state index contributed by atoms with van der Waals surface area (Å²) < 4.78 is 42.7. The number of aryl methyl sites for hydroxylation is 2. The lowest BCUT2D eigenvalue weighted by atomic mass is 10.2. The first-order valence-corrected chi connectivity index (χ1v) is 5.10. The van der Waals surface area contributed by atoms with E-state index in [1.54, 1.807) is 0 Å². The van der Waals surface area contributed by atoms with Crippen molar-refractivity contribution < 1.29 is 21.9 Å². The van der Waals surface area contributed by atoms with E-state index in [0.29, 0.717) is 0 Å². The largest absolute Gasteiger partial charge is 0.673 e. The lowest BCUT2D eigenvalue weighted by Crippen LogP contribution is -2.29. The monoisotopic (exact) mass is 261 g/mol. The minimum atomic E-state index is -6.00. The van der Waals surface area contributed by atoms with E-state index in [2.05, 4.69) is 17.3 Å². The molecule has 0 spiro atoms. The first-order valence-electron chi connectivity index (χ1n) is 5.10. The van der Waals surface area contributed by atoms with Crippen molar-refractivity contribution in [1.82, 2.24) is 9.90 Å². The molecule has 98 valence electrons. The summed E-state index contributed by atoms with van der Waals surface area (Å²) in [6.07, 6.45) is 2.01. The van der Waals surface area contributed by atoms with Gasteiger partial charge in [-0.3, -0.25) is 0 Å². The van der Waals surface area contributed by atoms with E-state index in [-0.39, 0.29) is 0 Å².